The van der Waals surface area contributed by atoms with Crippen LogP contribution in [0.1, 0.15) is 5.56 Å². The summed E-state index contributed by atoms with van der Waals surface area (Å²) in [6, 6.07) is 7.15. The van der Waals surface area contributed by atoms with Crippen LogP contribution < -0.4 is 4.74 Å². The van der Waals surface area contributed by atoms with Gasteiger partial charge in [-0.05, 0) is 23.8 Å². The van der Waals surface area contributed by atoms with Gasteiger partial charge in [-0.3, -0.25) is 0 Å². The fourth-order valence-electron chi connectivity index (χ4n) is 1.62. The second-order valence-corrected chi connectivity index (χ2v) is 4.24. The molecule has 0 amide bonds. The minimum Gasteiger partial charge on any atom is -0.501 e. The summed E-state index contributed by atoms with van der Waals surface area (Å²) in [4.78, 5) is 11.5. The Balaban J connectivity index is 2.05. The summed E-state index contributed by atoms with van der Waals surface area (Å²) in [5.74, 6) is -0.398. The molecule has 5 nitrogen and oxygen atoms in total. The third-order valence-corrected chi connectivity index (χ3v) is 2.80. The molecule has 0 aliphatic carbocycles. The highest BCUT2D eigenvalue weighted by molar-refractivity contribution is 6.19. The van der Waals surface area contributed by atoms with Crippen molar-refractivity contribution >= 4 is 17.6 Å². The van der Waals surface area contributed by atoms with Crippen LogP contribution in [0.3, 0.4) is 0 Å². The summed E-state index contributed by atoms with van der Waals surface area (Å²) in [6.45, 7) is 0.132. The Morgan fingerprint density at radius 3 is 2.65 bits per heavy atom. The lowest BCUT2D eigenvalue weighted by molar-refractivity contribution is -0.136. The highest BCUT2D eigenvalue weighted by Crippen LogP contribution is 2.26. The van der Waals surface area contributed by atoms with Crippen LogP contribution in [0.2, 0.25) is 0 Å². The fraction of sp³-hybridized carbons (Fsp3) is 0.214. The van der Waals surface area contributed by atoms with Gasteiger partial charge in [0.15, 0.2) is 5.76 Å². The van der Waals surface area contributed by atoms with Crippen LogP contribution >= 0.6 is 11.6 Å². The zero-order valence-electron chi connectivity index (χ0n) is 10.8. The topological polar surface area (TPSA) is 65.0 Å². The Kier molecular flexibility index (Phi) is 4.53. The first-order valence-electron chi connectivity index (χ1n) is 5.83. The van der Waals surface area contributed by atoms with Crippen molar-refractivity contribution in [1.82, 2.24) is 0 Å². The van der Waals surface area contributed by atoms with E-state index in [0.29, 0.717) is 0 Å². The standard InChI is InChI=1S/C14H13ClO5/c1-18-10-4-2-9(3-5-10)8-19-13-12(16)11(6-7-15)20-14(13)17/h2-6,16H,7-8H2,1H3. The van der Waals surface area contributed by atoms with E-state index in [1.165, 1.54) is 6.08 Å². The predicted molar refractivity (Wildman–Crippen MR) is 72.3 cm³/mol. The van der Waals surface area contributed by atoms with Gasteiger partial charge >= 0.3 is 5.97 Å². The number of carbonyl (C=O) groups is 1. The van der Waals surface area contributed by atoms with Crippen molar-refractivity contribution in [2.24, 2.45) is 0 Å². The predicted octanol–water partition coefficient (Wildman–Crippen LogP) is 2.66. The molecule has 0 atom stereocenters. The number of aliphatic hydroxyl groups is 1. The van der Waals surface area contributed by atoms with E-state index in [1.807, 2.05) is 0 Å². The SMILES string of the molecule is COc1ccc(COC2=C(O)C(=CCCl)OC2=O)cc1. The first-order valence-corrected chi connectivity index (χ1v) is 6.36. The van der Waals surface area contributed by atoms with Gasteiger partial charge in [-0.15, -0.1) is 11.6 Å². The van der Waals surface area contributed by atoms with Crippen LogP contribution in [0.4, 0.5) is 0 Å². The smallest absolute Gasteiger partial charge is 0.383 e. The van der Waals surface area contributed by atoms with Crippen LogP contribution in [-0.2, 0) is 20.9 Å². The van der Waals surface area contributed by atoms with E-state index in [9.17, 15) is 9.90 Å². The Morgan fingerprint density at radius 1 is 1.35 bits per heavy atom. The normalized spacial score (nSPS) is 16.5. The molecule has 0 radical (unpaired) electrons. The van der Waals surface area contributed by atoms with Gasteiger partial charge < -0.3 is 19.3 Å². The molecule has 106 valence electrons. The lowest BCUT2D eigenvalue weighted by atomic mass is 10.2. The number of aliphatic hydroxyl groups excluding tert-OH is 1. The molecule has 1 aliphatic rings. The molecule has 0 unspecified atom stereocenters. The number of methoxy groups -OCH3 is 1. The van der Waals surface area contributed by atoms with Crippen molar-refractivity contribution < 1.29 is 24.1 Å². The molecule has 2 rings (SSSR count). The number of carbonyl (C=O) groups excluding carboxylic acids is 1. The average Bonchev–Trinajstić information content (AvgIpc) is 2.72. The van der Waals surface area contributed by atoms with Gasteiger partial charge in [-0.25, -0.2) is 4.79 Å². The highest BCUT2D eigenvalue weighted by Gasteiger charge is 2.31. The van der Waals surface area contributed by atoms with Crippen molar-refractivity contribution in [3.63, 3.8) is 0 Å². The number of cyclic esters (lactones) is 1. The number of esters is 1. The van der Waals surface area contributed by atoms with Gasteiger partial charge in [0.25, 0.3) is 5.76 Å². The minimum atomic E-state index is -0.729. The van der Waals surface area contributed by atoms with Gasteiger partial charge in [-0.1, -0.05) is 12.1 Å². The Morgan fingerprint density at radius 2 is 2.05 bits per heavy atom. The van der Waals surface area contributed by atoms with Crippen molar-refractivity contribution in [3.05, 3.63) is 53.2 Å². The first kappa shape index (κ1) is 14.3. The lowest BCUT2D eigenvalue weighted by Crippen LogP contribution is -2.03. The van der Waals surface area contributed by atoms with Crippen LogP contribution in [0.15, 0.2) is 47.6 Å². The molecule has 1 N–H and O–H groups in total. The number of allylic oxidation sites excluding steroid dienone is 1. The zero-order valence-corrected chi connectivity index (χ0v) is 11.5. The molecule has 1 heterocycles. The number of halogens is 1. The third kappa shape index (κ3) is 3.05. The lowest BCUT2D eigenvalue weighted by Gasteiger charge is -2.05. The largest absolute Gasteiger partial charge is 0.501 e. The van der Waals surface area contributed by atoms with E-state index in [-0.39, 0.29) is 29.8 Å². The van der Waals surface area contributed by atoms with E-state index >= 15 is 0 Å². The quantitative estimate of drug-likeness (QED) is 0.668. The second kappa shape index (κ2) is 6.34. The Hall–Kier alpha value is -2.14. The first-order chi connectivity index (χ1) is 9.65. The molecule has 20 heavy (non-hydrogen) atoms. The van der Waals surface area contributed by atoms with Gasteiger partial charge in [0.2, 0.25) is 5.76 Å². The Labute approximate surface area is 121 Å². The molecule has 0 saturated heterocycles. The number of ether oxygens (including phenoxy) is 3. The van der Waals surface area contributed by atoms with E-state index in [1.54, 1.807) is 31.4 Å². The van der Waals surface area contributed by atoms with E-state index in [4.69, 9.17) is 25.8 Å². The number of hydrogen-bond donors (Lipinski definition) is 1. The highest BCUT2D eigenvalue weighted by atomic mass is 35.5. The van der Waals surface area contributed by atoms with Gasteiger partial charge in [0.05, 0.1) is 7.11 Å². The molecular formula is C14H13ClO5. The maximum atomic E-state index is 11.5. The van der Waals surface area contributed by atoms with E-state index in [2.05, 4.69) is 0 Å². The molecule has 1 aromatic rings. The van der Waals surface area contributed by atoms with E-state index in [0.717, 1.165) is 11.3 Å². The second-order valence-electron chi connectivity index (χ2n) is 3.93. The molecule has 0 spiro atoms. The summed E-state index contributed by atoms with van der Waals surface area (Å²) in [5.41, 5.74) is 0.827. The summed E-state index contributed by atoms with van der Waals surface area (Å²) >= 11 is 5.49. The van der Waals surface area contributed by atoms with Crippen LogP contribution in [0.5, 0.6) is 5.75 Å². The maximum absolute atomic E-state index is 11.5. The molecular weight excluding hydrogens is 284 g/mol. The molecule has 6 heteroatoms. The Bertz CT molecular complexity index is 559. The molecule has 0 bridgehead atoms. The van der Waals surface area contributed by atoms with Gasteiger partial charge in [-0.2, -0.15) is 0 Å². The maximum Gasteiger partial charge on any atom is 0.383 e. The fourth-order valence-corrected chi connectivity index (χ4v) is 1.76. The van der Waals surface area contributed by atoms with Gasteiger partial charge in [0, 0.05) is 5.88 Å². The molecule has 1 aliphatic heterocycles. The van der Waals surface area contributed by atoms with Crippen LogP contribution in [-0.4, -0.2) is 24.1 Å². The minimum absolute atomic E-state index is 0.0229. The summed E-state index contributed by atoms with van der Waals surface area (Å²) in [7, 11) is 1.58. The number of hydrogen-bond acceptors (Lipinski definition) is 5. The van der Waals surface area contributed by atoms with Crippen LogP contribution in [0, 0.1) is 0 Å². The monoisotopic (exact) mass is 296 g/mol. The van der Waals surface area contributed by atoms with Crippen molar-refractivity contribution in [2.75, 3.05) is 13.0 Å². The zero-order chi connectivity index (χ0) is 14.5. The van der Waals surface area contributed by atoms with Crippen LogP contribution in [0.25, 0.3) is 0 Å². The van der Waals surface area contributed by atoms with Crippen molar-refractivity contribution in [3.8, 4) is 5.75 Å². The van der Waals surface area contributed by atoms with Crippen molar-refractivity contribution in [2.45, 2.75) is 6.61 Å². The third-order valence-electron chi connectivity index (χ3n) is 2.64. The number of benzene rings is 1. The number of rotatable bonds is 5. The van der Waals surface area contributed by atoms with Crippen molar-refractivity contribution in [1.29, 1.82) is 0 Å². The average molecular weight is 297 g/mol. The van der Waals surface area contributed by atoms with E-state index < -0.39 is 5.97 Å². The molecule has 0 fully saturated rings. The summed E-state index contributed by atoms with van der Waals surface area (Å²) in [5, 5.41) is 9.77. The summed E-state index contributed by atoms with van der Waals surface area (Å²) < 4.78 is 15.2. The molecule has 1 aromatic carbocycles. The molecule has 0 saturated carbocycles. The summed E-state index contributed by atoms with van der Waals surface area (Å²) in [6.07, 6.45) is 1.39. The van der Waals surface area contributed by atoms with Gasteiger partial charge in [0.1, 0.15) is 12.4 Å². The number of alkyl halides is 1. The molecule has 0 aromatic heterocycles.